The Morgan fingerprint density at radius 3 is 2.35 bits per heavy atom. The van der Waals surface area contributed by atoms with E-state index in [1.165, 1.54) is 6.07 Å². The number of alkyl halides is 3. The second-order valence-corrected chi connectivity index (χ2v) is 3.71. The Bertz CT molecular complexity index is 560. The molecular formula is C10H8BF3O3. The summed E-state index contributed by atoms with van der Waals surface area (Å²) in [6, 6.07) is 3.00. The van der Waals surface area contributed by atoms with Crippen LogP contribution in [0.15, 0.2) is 22.6 Å². The summed E-state index contributed by atoms with van der Waals surface area (Å²) in [4.78, 5) is 0. The van der Waals surface area contributed by atoms with Gasteiger partial charge in [-0.05, 0) is 25.1 Å². The molecule has 0 spiro atoms. The molecule has 0 amide bonds. The van der Waals surface area contributed by atoms with E-state index >= 15 is 0 Å². The number of hydrogen-bond donors (Lipinski definition) is 2. The molecule has 0 aliphatic heterocycles. The maximum Gasteiger partial charge on any atom is 0.492 e. The van der Waals surface area contributed by atoms with Gasteiger partial charge in [0.05, 0.1) is 5.56 Å². The van der Waals surface area contributed by atoms with E-state index in [2.05, 4.69) is 0 Å². The number of halogens is 3. The predicted molar refractivity (Wildman–Crippen MR) is 55.8 cm³/mol. The third kappa shape index (κ3) is 2.16. The minimum Gasteiger partial charge on any atom is -0.462 e. The van der Waals surface area contributed by atoms with Gasteiger partial charge in [-0.2, -0.15) is 13.2 Å². The Labute approximate surface area is 94.6 Å². The molecule has 1 heterocycles. The average molecular weight is 244 g/mol. The van der Waals surface area contributed by atoms with Gasteiger partial charge in [-0.25, -0.2) is 0 Å². The highest BCUT2D eigenvalue weighted by Gasteiger charge is 2.33. The highest BCUT2D eigenvalue weighted by atomic mass is 19.4. The van der Waals surface area contributed by atoms with Crippen LogP contribution in [0, 0.1) is 6.92 Å². The highest BCUT2D eigenvalue weighted by Crippen LogP contribution is 2.31. The van der Waals surface area contributed by atoms with Gasteiger partial charge in [0.1, 0.15) is 11.3 Å². The predicted octanol–water partition coefficient (Wildman–Crippen LogP) is 1.44. The van der Waals surface area contributed by atoms with Crippen LogP contribution in [0.3, 0.4) is 0 Å². The van der Waals surface area contributed by atoms with Crippen molar-refractivity contribution in [3.63, 3.8) is 0 Å². The smallest absolute Gasteiger partial charge is 0.462 e. The maximum atomic E-state index is 12.6. The minimum atomic E-state index is -4.54. The quantitative estimate of drug-likeness (QED) is 0.746. The van der Waals surface area contributed by atoms with Crippen molar-refractivity contribution in [1.82, 2.24) is 0 Å². The van der Waals surface area contributed by atoms with Gasteiger partial charge < -0.3 is 14.5 Å². The van der Waals surface area contributed by atoms with Crippen LogP contribution in [0.4, 0.5) is 13.2 Å². The van der Waals surface area contributed by atoms with Crippen LogP contribution in [0.2, 0.25) is 0 Å². The van der Waals surface area contributed by atoms with Crippen molar-refractivity contribution >= 4 is 23.6 Å². The van der Waals surface area contributed by atoms with Crippen LogP contribution in [-0.4, -0.2) is 17.2 Å². The fraction of sp³-hybridized carbons (Fsp3) is 0.200. The second kappa shape index (κ2) is 3.78. The van der Waals surface area contributed by atoms with Crippen molar-refractivity contribution in [1.29, 1.82) is 0 Å². The van der Waals surface area contributed by atoms with Crippen LogP contribution < -0.4 is 5.46 Å². The van der Waals surface area contributed by atoms with E-state index in [0.29, 0.717) is 11.8 Å². The monoisotopic (exact) mass is 244 g/mol. The zero-order valence-corrected chi connectivity index (χ0v) is 8.75. The average Bonchev–Trinajstić information content (AvgIpc) is 2.54. The molecule has 2 rings (SSSR count). The van der Waals surface area contributed by atoms with Gasteiger partial charge in [0, 0.05) is 10.8 Å². The van der Waals surface area contributed by atoms with E-state index in [1.807, 2.05) is 0 Å². The molecule has 0 fully saturated rings. The number of hydrogen-bond acceptors (Lipinski definition) is 3. The summed E-state index contributed by atoms with van der Waals surface area (Å²) in [7, 11) is -2.01. The topological polar surface area (TPSA) is 53.6 Å². The van der Waals surface area contributed by atoms with Gasteiger partial charge >= 0.3 is 13.3 Å². The van der Waals surface area contributed by atoms with Gasteiger partial charge in [0.15, 0.2) is 0 Å². The van der Waals surface area contributed by atoms with E-state index in [4.69, 9.17) is 14.5 Å². The van der Waals surface area contributed by atoms with Crippen LogP contribution in [0.25, 0.3) is 11.0 Å². The lowest BCUT2D eigenvalue weighted by Gasteiger charge is -2.09. The van der Waals surface area contributed by atoms with Gasteiger partial charge in [-0.15, -0.1) is 0 Å². The van der Waals surface area contributed by atoms with E-state index in [-0.39, 0.29) is 16.4 Å². The molecular weight excluding hydrogens is 236 g/mol. The number of fused-ring (bicyclic) bond motifs is 1. The first kappa shape index (κ1) is 12.0. The Hall–Kier alpha value is -1.47. The van der Waals surface area contributed by atoms with E-state index in [1.54, 1.807) is 6.92 Å². The van der Waals surface area contributed by atoms with Crippen LogP contribution in [0.5, 0.6) is 0 Å². The lowest BCUT2D eigenvalue weighted by molar-refractivity contribution is -0.137. The maximum absolute atomic E-state index is 12.6. The summed E-state index contributed by atoms with van der Waals surface area (Å²) in [5, 5.41) is 18.3. The molecule has 0 aliphatic carbocycles. The lowest BCUT2D eigenvalue weighted by atomic mass is 9.78. The summed E-state index contributed by atoms with van der Waals surface area (Å²) in [6.07, 6.45) is -4.54. The molecule has 3 nitrogen and oxygen atoms in total. The number of furan rings is 1. The van der Waals surface area contributed by atoms with Crippen LogP contribution in [-0.2, 0) is 6.18 Å². The summed E-state index contributed by atoms with van der Waals surface area (Å²) in [5.41, 5.74) is -1.16. The van der Waals surface area contributed by atoms with Crippen molar-refractivity contribution in [2.45, 2.75) is 13.1 Å². The third-order valence-electron chi connectivity index (χ3n) is 2.37. The van der Waals surface area contributed by atoms with Crippen molar-refractivity contribution in [3.05, 3.63) is 29.5 Å². The van der Waals surface area contributed by atoms with Crippen molar-refractivity contribution in [3.8, 4) is 0 Å². The fourth-order valence-electron chi connectivity index (χ4n) is 1.66. The van der Waals surface area contributed by atoms with Crippen LogP contribution in [0.1, 0.15) is 11.3 Å². The van der Waals surface area contributed by atoms with E-state index in [9.17, 15) is 13.2 Å². The number of benzene rings is 1. The Morgan fingerprint density at radius 2 is 1.82 bits per heavy atom. The zero-order valence-electron chi connectivity index (χ0n) is 8.75. The molecule has 2 aromatic rings. The first-order valence-corrected chi connectivity index (χ1v) is 4.76. The molecule has 0 unspecified atom stereocenters. The second-order valence-electron chi connectivity index (χ2n) is 3.71. The molecule has 90 valence electrons. The first-order valence-electron chi connectivity index (χ1n) is 4.76. The van der Waals surface area contributed by atoms with Gasteiger partial charge in [0.25, 0.3) is 0 Å². The summed E-state index contributed by atoms with van der Waals surface area (Å²) < 4.78 is 42.9. The number of rotatable bonds is 1. The molecule has 0 atom stereocenters. The minimum absolute atomic E-state index is 0.0606. The van der Waals surface area contributed by atoms with E-state index < -0.39 is 18.9 Å². The van der Waals surface area contributed by atoms with Crippen molar-refractivity contribution in [2.24, 2.45) is 0 Å². The molecule has 2 N–H and O–H groups in total. The molecule has 1 aromatic carbocycles. The van der Waals surface area contributed by atoms with Gasteiger partial charge in [0.2, 0.25) is 0 Å². The largest absolute Gasteiger partial charge is 0.492 e. The lowest BCUT2D eigenvalue weighted by Crippen LogP contribution is -2.31. The van der Waals surface area contributed by atoms with Crippen LogP contribution >= 0.6 is 0 Å². The Balaban J connectivity index is 2.75. The summed E-state index contributed by atoms with van der Waals surface area (Å²) in [5.74, 6) is 0.404. The SMILES string of the molecule is Cc1cc2cc(C(F)(F)F)cc(B(O)O)c2o1. The fourth-order valence-corrected chi connectivity index (χ4v) is 1.66. The molecule has 0 saturated heterocycles. The van der Waals surface area contributed by atoms with Crippen molar-refractivity contribution < 1.29 is 27.6 Å². The van der Waals surface area contributed by atoms with E-state index in [0.717, 1.165) is 6.07 Å². The standard InChI is InChI=1S/C10H8BF3O3/c1-5-2-6-3-7(10(12,13)14)4-8(11(15)16)9(6)17-5/h2-4,15-16H,1H3. The highest BCUT2D eigenvalue weighted by molar-refractivity contribution is 6.61. The zero-order chi connectivity index (χ0) is 12.8. The Morgan fingerprint density at radius 1 is 1.18 bits per heavy atom. The number of aryl methyl sites for hydroxylation is 1. The molecule has 0 bridgehead atoms. The third-order valence-corrected chi connectivity index (χ3v) is 2.37. The first-order chi connectivity index (χ1) is 7.79. The molecule has 17 heavy (non-hydrogen) atoms. The van der Waals surface area contributed by atoms with Gasteiger partial charge in [-0.1, -0.05) is 0 Å². The molecule has 7 heteroatoms. The van der Waals surface area contributed by atoms with Gasteiger partial charge in [-0.3, -0.25) is 0 Å². The molecule has 0 saturated carbocycles. The molecule has 0 radical (unpaired) electrons. The normalized spacial score (nSPS) is 12.1. The molecule has 1 aromatic heterocycles. The Kier molecular flexibility index (Phi) is 2.67. The summed E-state index contributed by atoms with van der Waals surface area (Å²) >= 11 is 0. The summed E-state index contributed by atoms with van der Waals surface area (Å²) in [6.45, 7) is 1.57. The molecule has 0 aliphatic rings. The van der Waals surface area contributed by atoms with Crippen molar-refractivity contribution in [2.75, 3.05) is 0 Å².